The molecule has 0 aromatic carbocycles. The van der Waals surface area contributed by atoms with Gasteiger partial charge >= 0.3 is 18.0 Å². The molecule has 0 aliphatic carbocycles. The summed E-state index contributed by atoms with van der Waals surface area (Å²) in [7, 11) is 0. The second-order valence-corrected chi connectivity index (χ2v) is 3.61. The number of carbonyl (C=O) groups is 3. The molecule has 96 valence electrons. The maximum Gasteiger partial charge on any atom is 0.323 e. The number of hydrogen-bond acceptors (Lipinski definition) is 3. The van der Waals surface area contributed by atoms with Gasteiger partial charge in [0.25, 0.3) is 0 Å². The first-order valence-corrected chi connectivity index (χ1v) is 4.92. The zero-order valence-electron chi connectivity index (χ0n) is 9.77. The van der Waals surface area contributed by atoms with Crippen molar-refractivity contribution in [2.75, 3.05) is 19.6 Å². The number of aliphatic carboxylic acids is 2. The van der Waals surface area contributed by atoms with Gasteiger partial charge in [0.05, 0.1) is 0 Å². The van der Waals surface area contributed by atoms with Gasteiger partial charge in [-0.05, 0) is 13.8 Å². The van der Waals surface area contributed by atoms with E-state index in [4.69, 9.17) is 10.2 Å². The van der Waals surface area contributed by atoms with Crippen LogP contribution in [0.4, 0.5) is 4.79 Å². The summed E-state index contributed by atoms with van der Waals surface area (Å²) in [5.41, 5.74) is 0.994. The van der Waals surface area contributed by atoms with Gasteiger partial charge in [-0.15, -0.1) is 0 Å². The van der Waals surface area contributed by atoms with Crippen LogP contribution in [0.25, 0.3) is 0 Å². The number of allylic oxidation sites excluding steroid dienone is 1. The molecule has 7 nitrogen and oxygen atoms in total. The van der Waals surface area contributed by atoms with Crippen LogP contribution in [0.5, 0.6) is 0 Å². The maximum atomic E-state index is 11.5. The number of urea groups is 1. The van der Waals surface area contributed by atoms with Crippen LogP contribution in [0.3, 0.4) is 0 Å². The average Bonchev–Trinajstić information content (AvgIpc) is 2.14. The van der Waals surface area contributed by atoms with Crippen LogP contribution in [0.1, 0.15) is 13.8 Å². The van der Waals surface area contributed by atoms with Crippen molar-refractivity contribution in [1.82, 2.24) is 10.2 Å². The fourth-order valence-electron chi connectivity index (χ4n) is 0.980. The number of nitrogens with zero attached hydrogens (tertiary/aromatic N) is 1. The van der Waals surface area contributed by atoms with Crippen LogP contribution in [0.2, 0.25) is 0 Å². The van der Waals surface area contributed by atoms with Crippen LogP contribution in [-0.4, -0.2) is 52.7 Å². The van der Waals surface area contributed by atoms with Crippen molar-refractivity contribution in [2.24, 2.45) is 0 Å². The van der Waals surface area contributed by atoms with Crippen molar-refractivity contribution in [2.45, 2.75) is 13.8 Å². The Morgan fingerprint density at radius 2 is 1.59 bits per heavy atom. The van der Waals surface area contributed by atoms with Gasteiger partial charge in [0.1, 0.15) is 13.1 Å². The Hall–Kier alpha value is -2.05. The molecular formula is C10H16N2O5. The Morgan fingerprint density at radius 1 is 1.12 bits per heavy atom. The predicted molar refractivity (Wildman–Crippen MR) is 59.7 cm³/mol. The van der Waals surface area contributed by atoms with E-state index in [0.29, 0.717) is 4.90 Å². The Kier molecular flexibility index (Phi) is 6.39. The van der Waals surface area contributed by atoms with Gasteiger partial charge < -0.3 is 20.4 Å². The molecule has 0 rings (SSSR count). The molecule has 0 aliphatic heterocycles. The molecule has 0 aromatic rings. The molecule has 0 unspecified atom stereocenters. The van der Waals surface area contributed by atoms with Crippen LogP contribution in [-0.2, 0) is 9.59 Å². The smallest absolute Gasteiger partial charge is 0.323 e. The van der Waals surface area contributed by atoms with Gasteiger partial charge in [-0.3, -0.25) is 9.59 Å². The summed E-state index contributed by atoms with van der Waals surface area (Å²) in [5.74, 6) is -2.52. The van der Waals surface area contributed by atoms with Crippen LogP contribution < -0.4 is 5.32 Å². The lowest BCUT2D eigenvalue weighted by atomic mass is 10.3. The van der Waals surface area contributed by atoms with Gasteiger partial charge in [-0.2, -0.15) is 0 Å². The van der Waals surface area contributed by atoms with E-state index in [9.17, 15) is 14.4 Å². The summed E-state index contributed by atoms with van der Waals surface area (Å²) in [6, 6.07) is -0.715. The standard InChI is InChI=1S/C10H16N2O5/c1-7(2)3-4-11-10(17)12(5-8(13)14)6-9(15)16/h3H,4-6H2,1-2H3,(H,11,17)(H,13,14)(H,15,16). The van der Waals surface area contributed by atoms with Gasteiger partial charge in [-0.1, -0.05) is 11.6 Å². The minimum atomic E-state index is -1.26. The number of amides is 2. The van der Waals surface area contributed by atoms with E-state index in [1.807, 2.05) is 13.8 Å². The molecule has 0 aromatic heterocycles. The van der Waals surface area contributed by atoms with Crippen LogP contribution >= 0.6 is 0 Å². The highest BCUT2D eigenvalue weighted by Gasteiger charge is 2.18. The minimum absolute atomic E-state index is 0.233. The van der Waals surface area contributed by atoms with E-state index < -0.39 is 31.1 Å². The van der Waals surface area contributed by atoms with E-state index in [1.54, 1.807) is 6.08 Å². The molecule has 2 amide bonds. The molecule has 0 bridgehead atoms. The SMILES string of the molecule is CC(C)=CCNC(=O)N(CC(=O)O)CC(=O)O. The molecule has 0 saturated heterocycles. The summed E-state index contributed by atoms with van der Waals surface area (Å²) in [4.78, 5) is 33.1. The molecular weight excluding hydrogens is 228 g/mol. The monoisotopic (exact) mass is 244 g/mol. The highest BCUT2D eigenvalue weighted by Crippen LogP contribution is 1.91. The Labute approximate surface area is 98.7 Å². The Balaban J connectivity index is 4.36. The highest BCUT2D eigenvalue weighted by atomic mass is 16.4. The quantitative estimate of drug-likeness (QED) is 0.576. The van der Waals surface area contributed by atoms with Crippen LogP contribution in [0, 0.1) is 0 Å². The molecule has 0 saturated carbocycles. The molecule has 0 aliphatic rings. The van der Waals surface area contributed by atoms with Crippen molar-refractivity contribution >= 4 is 18.0 Å². The largest absolute Gasteiger partial charge is 0.480 e. The van der Waals surface area contributed by atoms with Crippen molar-refractivity contribution < 1.29 is 24.6 Å². The van der Waals surface area contributed by atoms with Crippen LogP contribution in [0.15, 0.2) is 11.6 Å². The summed E-state index contributed by atoms with van der Waals surface area (Å²) in [6.07, 6.45) is 1.73. The first-order valence-electron chi connectivity index (χ1n) is 4.92. The zero-order chi connectivity index (χ0) is 13.4. The van der Waals surface area contributed by atoms with Crippen molar-refractivity contribution in [3.05, 3.63) is 11.6 Å². The number of carbonyl (C=O) groups excluding carboxylic acids is 1. The fourth-order valence-corrected chi connectivity index (χ4v) is 0.980. The third-order valence-electron chi connectivity index (χ3n) is 1.70. The topological polar surface area (TPSA) is 107 Å². The number of carboxylic acids is 2. The number of carboxylic acid groups (broad SMARTS) is 2. The number of hydrogen-bond donors (Lipinski definition) is 3. The summed E-state index contributed by atoms with van der Waals surface area (Å²) < 4.78 is 0. The molecule has 0 heterocycles. The highest BCUT2D eigenvalue weighted by molar-refractivity contribution is 5.84. The van der Waals surface area contributed by atoms with Gasteiger partial charge in [-0.25, -0.2) is 4.79 Å². The van der Waals surface area contributed by atoms with Gasteiger partial charge in [0.15, 0.2) is 0 Å². The van der Waals surface area contributed by atoms with E-state index in [-0.39, 0.29) is 6.54 Å². The third-order valence-corrected chi connectivity index (χ3v) is 1.70. The molecule has 3 N–H and O–H groups in total. The first-order chi connectivity index (χ1) is 7.82. The lowest BCUT2D eigenvalue weighted by molar-refractivity contribution is -0.140. The van der Waals surface area contributed by atoms with Gasteiger partial charge in [0, 0.05) is 6.54 Å². The number of nitrogens with one attached hydrogen (secondary N) is 1. The lowest BCUT2D eigenvalue weighted by Gasteiger charge is -2.18. The molecule has 0 fully saturated rings. The van der Waals surface area contributed by atoms with Crippen molar-refractivity contribution in [3.63, 3.8) is 0 Å². The molecule has 0 spiro atoms. The average molecular weight is 244 g/mol. The van der Waals surface area contributed by atoms with Gasteiger partial charge in [0.2, 0.25) is 0 Å². The van der Waals surface area contributed by atoms with Crippen molar-refractivity contribution in [1.29, 1.82) is 0 Å². The minimum Gasteiger partial charge on any atom is -0.480 e. The lowest BCUT2D eigenvalue weighted by Crippen LogP contribution is -2.45. The summed E-state index contributed by atoms with van der Waals surface area (Å²) in [5, 5.41) is 19.5. The van der Waals surface area contributed by atoms with E-state index in [1.165, 1.54) is 0 Å². The van der Waals surface area contributed by atoms with E-state index >= 15 is 0 Å². The van der Waals surface area contributed by atoms with E-state index in [0.717, 1.165) is 5.57 Å². The predicted octanol–water partition coefficient (Wildman–Crippen LogP) is 0.133. The Morgan fingerprint density at radius 3 is 1.94 bits per heavy atom. The maximum absolute atomic E-state index is 11.5. The summed E-state index contributed by atoms with van der Waals surface area (Å²) in [6.45, 7) is 2.63. The normalized spacial score (nSPS) is 9.29. The number of rotatable bonds is 6. The Bertz CT molecular complexity index is 318. The first kappa shape index (κ1) is 14.9. The fraction of sp³-hybridized carbons (Fsp3) is 0.500. The summed E-state index contributed by atoms with van der Waals surface area (Å²) >= 11 is 0. The third kappa shape index (κ3) is 7.83. The van der Waals surface area contributed by atoms with Crippen molar-refractivity contribution in [3.8, 4) is 0 Å². The second kappa shape index (κ2) is 7.26. The van der Waals surface area contributed by atoms with E-state index in [2.05, 4.69) is 5.32 Å². The zero-order valence-corrected chi connectivity index (χ0v) is 9.77. The molecule has 0 atom stereocenters. The molecule has 7 heteroatoms. The molecule has 0 radical (unpaired) electrons. The molecule has 17 heavy (non-hydrogen) atoms. The second-order valence-electron chi connectivity index (χ2n) is 3.61.